The van der Waals surface area contributed by atoms with Crippen LogP contribution < -0.4 is 4.90 Å². The minimum atomic E-state index is -0.0644. The third-order valence-electron chi connectivity index (χ3n) is 4.96. The van der Waals surface area contributed by atoms with Crippen molar-refractivity contribution in [2.24, 2.45) is 0 Å². The number of hydrogen-bond donors (Lipinski definition) is 0. The van der Waals surface area contributed by atoms with Crippen molar-refractivity contribution in [3.05, 3.63) is 72.2 Å². The van der Waals surface area contributed by atoms with E-state index < -0.39 is 0 Å². The van der Waals surface area contributed by atoms with E-state index in [1.54, 1.807) is 30.5 Å². The molecule has 0 aliphatic heterocycles. The summed E-state index contributed by atoms with van der Waals surface area (Å²) >= 11 is 0. The van der Waals surface area contributed by atoms with Crippen molar-refractivity contribution in [3.63, 3.8) is 0 Å². The number of hydrogen-bond acceptors (Lipinski definition) is 5. The highest BCUT2D eigenvalue weighted by Gasteiger charge is 2.19. The van der Waals surface area contributed by atoms with Gasteiger partial charge in [-0.15, -0.1) is 0 Å². The maximum absolute atomic E-state index is 12.9. The monoisotopic (exact) mass is 375 g/mol. The van der Waals surface area contributed by atoms with Crippen LogP contribution in [0.4, 0.5) is 5.82 Å². The van der Waals surface area contributed by atoms with Gasteiger partial charge < -0.3 is 9.80 Å². The Labute approximate surface area is 165 Å². The Morgan fingerprint density at radius 2 is 1.82 bits per heavy atom. The van der Waals surface area contributed by atoms with Crippen LogP contribution in [0.1, 0.15) is 35.8 Å². The average Bonchev–Trinajstić information content (AvgIpc) is 2.77. The Hall–Kier alpha value is -3.28. The summed E-state index contributed by atoms with van der Waals surface area (Å²) in [6, 6.07) is 13.1. The highest BCUT2D eigenvalue weighted by atomic mass is 16.2. The van der Waals surface area contributed by atoms with Crippen molar-refractivity contribution in [1.82, 2.24) is 19.9 Å². The van der Waals surface area contributed by atoms with Crippen LogP contribution in [0.25, 0.3) is 11.4 Å². The van der Waals surface area contributed by atoms with Gasteiger partial charge in [0.25, 0.3) is 5.91 Å². The van der Waals surface area contributed by atoms with Crippen molar-refractivity contribution < 1.29 is 4.79 Å². The first-order valence-corrected chi connectivity index (χ1v) is 9.33. The molecule has 3 aromatic rings. The van der Waals surface area contributed by atoms with E-state index in [0.717, 1.165) is 23.5 Å². The Bertz CT molecular complexity index is 927. The molecule has 1 aromatic carbocycles. The van der Waals surface area contributed by atoms with Gasteiger partial charge in [0.2, 0.25) is 0 Å². The first kappa shape index (κ1) is 19.5. The standard InChI is InChI=1S/C22H25N5O/c1-5-26(3)20-12-14-24-21(25-20)17-8-10-18(11-9-17)22(28)27(4)16(2)19-7-6-13-23-15-19/h6-16H,5H2,1-4H3/t16-/m0/s1. The number of amides is 1. The summed E-state index contributed by atoms with van der Waals surface area (Å²) in [5.41, 5.74) is 2.51. The topological polar surface area (TPSA) is 62.2 Å². The van der Waals surface area contributed by atoms with Gasteiger partial charge in [0.1, 0.15) is 5.82 Å². The summed E-state index contributed by atoms with van der Waals surface area (Å²) in [6.07, 6.45) is 5.27. The molecule has 3 rings (SSSR count). The highest BCUT2D eigenvalue weighted by Crippen LogP contribution is 2.22. The van der Waals surface area contributed by atoms with Crippen LogP contribution >= 0.6 is 0 Å². The van der Waals surface area contributed by atoms with E-state index in [1.807, 2.05) is 56.4 Å². The zero-order valence-electron chi connectivity index (χ0n) is 16.7. The second-order valence-corrected chi connectivity index (χ2v) is 6.71. The van der Waals surface area contributed by atoms with E-state index in [4.69, 9.17) is 0 Å². The molecular weight excluding hydrogens is 350 g/mol. The first-order chi connectivity index (χ1) is 13.5. The molecule has 0 saturated carbocycles. The molecule has 0 aliphatic rings. The van der Waals surface area contributed by atoms with Gasteiger partial charge in [-0.2, -0.15) is 0 Å². The number of anilines is 1. The minimum absolute atomic E-state index is 0.0386. The average molecular weight is 375 g/mol. The number of carbonyl (C=O) groups is 1. The predicted molar refractivity (Wildman–Crippen MR) is 111 cm³/mol. The predicted octanol–water partition coefficient (Wildman–Crippen LogP) is 3.83. The lowest BCUT2D eigenvalue weighted by Gasteiger charge is -2.25. The van der Waals surface area contributed by atoms with Gasteiger partial charge in [0.05, 0.1) is 6.04 Å². The molecule has 28 heavy (non-hydrogen) atoms. The van der Waals surface area contributed by atoms with Gasteiger partial charge >= 0.3 is 0 Å². The molecule has 0 unspecified atom stereocenters. The normalized spacial score (nSPS) is 11.7. The second kappa shape index (κ2) is 8.61. The fourth-order valence-electron chi connectivity index (χ4n) is 2.85. The van der Waals surface area contributed by atoms with Crippen LogP contribution in [0.5, 0.6) is 0 Å². The van der Waals surface area contributed by atoms with E-state index in [0.29, 0.717) is 11.4 Å². The Morgan fingerprint density at radius 3 is 2.46 bits per heavy atom. The Balaban J connectivity index is 1.78. The summed E-state index contributed by atoms with van der Waals surface area (Å²) in [7, 11) is 3.80. The molecule has 0 radical (unpaired) electrons. The van der Waals surface area contributed by atoms with E-state index >= 15 is 0 Å². The summed E-state index contributed by atoms with van der Waals surface area (Å²) in [5, 5.41) is 0. The molecule has 2 aromatic heterocycles. The largest absolute Gasteiger partial charge is 0.360 e. The molecule has 0 aliphatic carbocycles. The molecule has 6 nitrogen and oxygen atoms in total. The lowest BCUT2D eigenvalue weighted by Crippen LogP contribution is -2.29. The van der Waals surface area contributed by atoms with Crippen LogP contribution in [0, 0.1) is 0 Å². The molecule has 0 N–H and O–H groups in total. The third-order valence-corrected chi connectivity index (χ3v) is 4.96. The number of aromatic nitrogens is 3. The van der Waals surface area contributed by atoms with E-state index in [9.17, 15) is 4.79 Å². The molecule has 144 valence electrons. The van der Waals surface area contributed by atoms with E-state index in [-0.39, 0.29) is 11.9 Å². The molecule has 6 heteroatoms. The molecule has 0 saturated heterocycles. The summed E-state index contributed by atoms with van der Waals surface area (Å²) in [5.74, 6) is 1.48. The SMILES string of the molecule is CCN(C)c1ccnc(-c2ccc(C(=O)N(C)[C@@H](C)c3cccnc3)cc2)n1. The number of carbonyl (C=O) groups excluding carboxylic acids is 1. The summed E-state index contributed by atoms with van der Waals surface area (Å²) < 4.78 is 0. The first-order valence-electron chi connectivity index (χ1n) is 9.33. The third kappa shape index (κ3) is 4.17. The van der Waals surface area contributed by atoms with Crippen molar-refractivity contribution in [2.75, 3.05) is 25.5 Å². The second-order valence-electron chi connectivity index (χ2n) is 6.71. The van der Waals surface area contributed by atoms with Crippen molar-refractivity contribution in [2.45, 2.75) is 19.9 Å². The van der Waals surface area contributed by atoms with E-state index in [2.05, 4.69) is 26.8 Å². The van der Waals surface area contributed by atoms with Gasteiger partial charge in [-0.1, -0.05) is 18.2 Å². The Kier molecular flexibility index (Phi) is 5.99. The molecular formula is C22H25N5O. The smallest absolute Gasteiger partial charge is 0.254 e. The Morgan fingerprint density at radius 1 is 1.07 bits per heavy atom. The van der Waals surface area contributed by atoms with Crippen LogP contribution in [-0.4, -0.2) is 46.4 Å². The molecule has 0 bridgehead atoms. The quantitative estimate of drug-likeness (QED) is 0.655. The number of benzene rings is 1. The van der Waals surface area contributed by atoms with Gasteiger partial charge in [-0.25, -0.2) is 9.97 Å². The maximum atomic E-state index is 12.9. The molecule has 0 spiro atoms. The van der Waals surface area contributed by atoms with Crippen LogP contribution in [0.2, 0.25) is 0 Å². The van der Waals surface area contributed by atoms with Crippen molar-refractivity contribution >= 4 is 11.7 Å². The van der Waals surface area contributed by atoms with E-state index in [1.165, 1.54) is 0 Å². The van der Waals surface area contributed by atoms with Gasteiger partial charge in [-0.05, 0) is 43.7 Å². The van der Waals surface area contributed by atoms with Crippen LogP contribution in [0.3, 0.4) is 0 Å². The van der Waals surface area contributed by atoms with Crippen molar-refractivity contribution in [1.29, 1.82) is 0 Å². The maximum Gasteiger partial charge on any atom is 0.254 e. The zero-order chi connectivity index (χ0) is 20.1. The fourth-order valence-corrected chi connectivity index (χ4v) is 2.85. The molecule has 0 fully saturated rings. The number of nitrogens with zero attached hydrogens (tertiary/aromatic N) is 5. The van der Waals surface area contributed by atoms with Gasteiger partial charge in [0.15, 0.2) is 5.82 Å². The lowest BCUT2D eigenvalue weighted by molar-refractivity contribution is 0.0742. The van der Waals surface area contributed by atoms with Crippen LogP contribution in [0.15, 0.2) is 61.1 Å². The molecule has 1 atom stereocenters. The minimum Gasteiger partial charge on any atom is -0.360 e. The highest BCUT2D eigenvalue weighted by molar-refractivity contribution is 5.94. The molecule has 2 heterocycles. The molecule has 1 amide bonds. The van der Waals surface area contributed by atoms with Crippen LogP contribution in [-0.2, 0) is 0 Å². The van der Waals surface area contributed by atoms with Crippen molar-refractivity contribution in [3.8, 4) is 11.4 Å². The summed E-state index contributed by atoms with van der Waals surface area (Å²) in [6.45, 7) is 4.93. The lowest BCUT2D eigenvalue weighted by atomic mass is 10.1. The number of pyridine rings is 1. The van der Waals surface area contributed by atoms with Gasteiger partial charge in [-0.3, -0.25) is 9.78 Å². The zero-order valence-corrected chi connectivity index (χ0v) is 16.7. The number of rotatable bonds is 6. The summed E-state index contributed by atoms with van der Waals surface area (Å²) in [4.78, 5) is 29.7. The van der Waals surface area contributed by atoms with Gasteiger partial charge in [0, 0.05) is 50.4 Å². The fraction of sp³-hybridized carbons (Fsp3) is 0.273.